The lowest BCUT2D eigenvalue weighted by molar-refractivity contribution is -0.697. The summed E-state index contributed by atoms with van der Waals surface area (Å²) in [5.74, 6) is 0. The predicted octanol–water partition coefficient (Wildman–Crippen LogP) is 4.87. The molecule has 27 heavy (non-hydrogen) atoms. The molecule has 0 aliphatic carbocycles. The number of fused-ring (bicyclic) bond motifs is 2. The number of halogens is 3. The van der Waals surface area contributed by atoms with E-state index in [1.807, 2.05) is 0 Å². The van der Waals surface area contributed by atoms with Crippen LogP contribution < -0.4 is 4.57 Å². The normalized spacial score (nSPS) is 18.2. The fraction of sp³-hybridized carbons (Fsp3) is 0.737. The van der Waals surface area contributed by atoms with E-state index < -0.39 is 15.6 Å². The minimum Gasteiger partial charge on any atom is -0.741 e. The number of aromatic nitrogens is 1. The molecule has 1 aliphatic heterocycles. The molecule has 0 N–H and O–H groups in total. The minimum atomic E-state index is -6.09. The molecular weight excluding hydrogens is 379 g/mol. The van der Waals surface area contributed by atoms with Gasteiger partial charge in [0.15, 0.2) is 22.5 Å². The summed E-state index contributed by atoms with van der Waals surface area (Å²) in [5.41, 5.74) is -4.12. The fourth-order valence-electron chi connectivity index (χ4n) is 3.08. The maximum Gasteiger partial charge on any atom is 0.485 e. The Morgan fingerprint density at radius 1 is 0.852 bits per heavy atom. The zero-order valence-corrected chi connectivity index (χ0v) is 16.5. The van der Waals surface area contributed by atoms with Gasteiger partial charge in [0.05, 0.1) is 0 Å². The maximum absolute atomic E-state index is 10.7. The van der Waals surface area contributed by atoms with Gasteiger partial charge in [0.2, 0.25) is 0 Å². The van der Waals surface area contributed by atoms with Gasteiger partial charge in [0, 0.05) is 18.1 Å². The van der Waals surface area contributed by atoms with Gasteiger partial charge in [-0.1, -0.05) is 51.4 Å². The Balaban J connectivity index is 0.000000387. The first-order valence-electron chi connectivity index (χ1n) is 9.70. The van der Waals surface area contributed by atoms with E-state index in [0.717, 1.165) is 0 Å². The van der Waals surface area contributed by atoms with E-state index in [1.54, 1.807) is 0 Å². The lowest BCUT2D eigenvalue weighted by atomic mass is 10.0. The van der Waals surface area contributed by atoms with Crippen molar-refractivity contribution in [2.75, 3.05) is 0 Å². The van der Waals surface area contributed by atoms with Gasteiger partial charge in [0.1, 0.15) is 6.54 Å². The van der Waals surface area contributed by atoms with Crippen molar-refractivity contribution in [2.45, 2.75) is 89.1 Å². The van der Waals surface area contributed by atoms with Crippen LogP contribution in [0.1, 0.15) is 76.2 Å². The summed E-state index contributed by atoms with van der Waals surface area (Å²) in [6, 6.07) is 4.51. The molecule has 2 bridgehead atoms. The molecular formula is C19H30F3NO3S. The van der Waals surface area contributed by atoms with Crippen LogP contribution in [0.2, 0.25) is 0 Å². The van der Waals surface area contributed by atoms with Gasteiger partial charge < -0.3 is 4.55 Å². The molecule has 0 amide bonds. The average molecular weight is 410 g/mol. The van der Waals surface area contributed by atoms with E-state index in [2.05, 4.69) is 29.1 Å². The summed E-state index contributed by atoms with van der Waals surface area (Å²) in [6.07, 6.45) is 21.5. The Kier molecular flexibility index (Phi) is 10.9. The molecule has 0 saturated heterocycles. The van der Waals surface area contributed by atoms with Crippen molar-refractivity contribution in [3.05, 3.63) is 30.1 Å². The molecule has 2 rings (SSSR count). The van der Waals surface area contributed by atoms with Gasteiger partial charge in [-0.25, -0.2) is 13.0 Å². The first-order chi connectivity index (χ1) is 12.7. The number of alkyl halides is 3. The number of nitrogens with zero attached hydrogens (tertiary/aromatic N) is 1. The van der Waals surface area contributed by atoms with Crippen LogP contribution in [0.25, 0.3) is 0 Å². The Morgan fingerprint density at radius 2 is 1.30 bits per heavy atom. The van der Waals surface area contributed by atoms with Crippen molar-refractivity contribution < 1.29 is 30.7 Å². The third-order valence-corrected chi connectivity index (χ3v) is 5.15. The number of rotatable bonds is 0. The molecule has 1 aromatic rings. The second-order valence-electron chi connectivity index (χ2n) is 6.99. The molecule has 4 nitrogen and oxygen atoms in total. The summed E-state index contributed by atoms with van der Waals surface area (Å²) in [5, 5.41) is 0. The third kappa shape index (κ3) is 11.3. The summed E-state index contributed by atoms with van der Waals surface area (Å²) in [6.45, 7) is 1.20. The SMILES string of the molecule is O=S(=O)([O-])C(F)(F)F.c1cc2c[n+](c1)CCCCCCCCCCCCC2. The fourth-order valence-corrected chi connectivity index (χ4v) is 3.08. The van der Waals surface area contributed by atoms with Gasteiger partial charge in [-0.2, -0.15) is 13.2 Å². The largest absolute Gasteiger partial charge is 0.741 e. The summed E-state index contributed by atoms with van der Waals surface area (Å²) in [7, 11) is -6.09. The second-order valence-corrected chi connectivity index (χ2v) is 8.36. The van der Waals surface area contributed by atoms with Crippen LogP contribution >= 0.6 is 0 Å². The Labute approximate surface area is 160 Å². The minimum absolute atomic E-state index is 1.20. The molecule has 0 saturated carbocycles. The highest BCUT2D eigenvalue weighted by atomic mass is 32.2. The zero-order valence-electron chi connectivity index (χ0n) is 15.7. The van der Waals surface area contributed by atoms with Gasteiger partial charge in [-0.15, -0.1) is 0 Å². The molecule has 8 heteroatoms. The molecule has 0 spiro atoms. The van der Waals surface area contributed by atoms with E-state index in [-0.39, 0.29) is 0 Å². The smallest absolute Gasteiger partial charge is 0.485 e. The number of aryl methyl sites for hydroxylation is 2. The molecule has 1 aromatic heterocycles. The monoisotopic (exact) mass is 409 g/mol. The number of hydrogen-bond acceptors (Lipinski definition) is 3. The van der Waals surface area contributed by atoms with Crippen molar-refractivity contribution in [1.29, 1.82) is 0 Å². The molecule has 156 valence electrons. The second kappa shape index (κ2) is 12.3. The molecule has 0 aromatic carbocycles. The van der Waals surface area contributed by atoms with Crippen LogP contribution in [-0.4, -0.2) is 18.5 Å². The zero-order chi connectivity index (χ0) is 20.2. The topological polar surface area (TPSA) is 61.1 Å². The van der Waals surface area contributed by atoms with Crippen molar-refractivity contribution in [1.82, 2.24) is 0 Å². The van der Waals surface area contributed by atoms with Gasteiger partial charge in [-0.05, 0) is 25.3 Å². The molecule has 0 radical (unpaired) electrons. The maximum atomic E-state index is 10.7. The lowest BCUT2D eigenvalue weighted by Gasteiger charge is -2.08. The van der Waals surface area contributed by atoms with E-state index in [0.29, 0.717) is 0 Å². The Morgan fingerprint density at radius 3 is 1.78 bits per heavy atom. The van der Waals surface area contributed by atoms with E-state index in [9.17, 15) is 13.2 Å². The highest BCUT2D eigenvalue weighted by Crippen LogP contribution is 2.20. The highest BCUT2D eigenvalue weighted by molar-refractivity contribution is 7.86. The van der Waals surface area contributed by atoms with Crippen molar-refractivity contribution in [2.24, 2.45) is 0 Å². The Bertz CT molecular complexity index is 604. The number of hydrogen-bond donors (Lipinski definition) is 0. The summed E-state index contributed by atoms with van der Waals surface area (Å²) >= 11 is 0. The lowest BCUT2D eigenvalue weighted by Crippen LogP contribution is -2.33. The first kappa shape index (κ1) is 23.9. The summed E-state index contributed by atoms with van der Waals surface area (Å²) < 4.78 is 61.3. The van der Waals surface area contributed by atoms with E-state index >= 15 is 0 Å². The Hall–Kier alpha value is -1.15. The molecule has 1 aliphatic rings. The van der Waals surface area contributed by atoms with Crippen LogP contribution in [0.3, 0.4) is 0 Å². The summed E-state index contributed by atoms with van der Waals surface area (Å²) in [4.78, 5) is 0. The molecule has 0 atom stereocenters. The quantitative estimate of drug-likeness (QED) is 0.349. The van der Waals surface area contributed by atoms with E-state index in [4.69, 9.17) is 13.0 Å². The first-order valence-corrected chi connectivity index (χ1v) is 11.1. The van der Waals surface area contributed by atoms with Gasteiger partial charge >= 0.3 is 5.51 Å². The van der Waals surface area contributed by atoms with E-state index in [1.165, 1.54) is 89.2 Å². The van der Waals surface area contributed by atoms with Gasteiger partial charge in [0.25, 0.3) is 0 Å². The average Bonchev–Trinajstić information content (AvgIpc) is 2.57. The van der Waals surface area contributed by atoms with Gasteiger partial charge in [-0.3, -0.25) is 0 Å². The third-order valence-electron chi connectivity index (χ3n) is 4.58. The van der Waals surface area contributed by atoms with Crippen LogP contribution in [0.4, 0.5) is 13.2 Å². The van der Waals surface area contributed by atoms with Crippen molar-refractivity contribution in [3.8, 4) is 0 Å². The molecule has 0 fully saturated rings. The van der Waals surface area contributed by atoms with Crippen molar-refractivity contribution >= 4 is 10.1 Å². The highest BCUT2D eigenvalue weighted by Gasteiger charge is 2.36. The number of pyridine rings is 1. The predicted molar refractivity (Wildman–Crippen MR) is 96.9 cm³/mol. The van der Waals surface area contributed by atoms with Crippen LogP contribution in [0.15, 0.2) is 24.5 Å². The van der Waals surface area contributed by atoms with Crippen LogP contribution in [-0.2, 0) is 23.1 Å². The van der Waals surface area contributed by atoms with Crippen LogP contribution in [0.5, 0.6) is 0 Å². The molecule has 0 unspecified atom stereocenters. The standard InChI is InChI=1S/C18H30N.CHF3O3S/c1-2-4-6-8-10-13-18-14-12-16-19(17-18)15-11-9-7-5-3-1;2-1(3,4)8(5,6)7/h12,14,16-17H,1-11,13,15H2;(H,5,6,7)/q+1;/p-1. The van der Waals surface area contributed by atoms with Crippen LogP contribution in [0, 0.1) is 0 Å². The van der Waals surface area contributed by atoms with Crippen molar-refractivity contribution in [3.63, 3.8) is 0 Å². The molecule has 2 heterocycles.